The molecule has 0 aliphatic rings. The molecule has 0 unspecified atom stereocenters. The van der Waals surface area contributed by atoms with Gasteiger partial charge in [-0.1, -0.05) is 0 Å². The number of aromatic hydroxyl groups is 1. The number of phenols is 1. The van der Waals surface area contributed by atoms with Gasteiger partial charge in [0, 0.05) is 11.1 Å². The Balaban J connectivity index is 3.95. The molecule has 0 aliphatic heterocycles. The Morgan fingerprint density at radius 3 is 1.96 bits per heavy atom. The van der Waals surface area contributed by atoms with Crippen LogP contribution in [0.4, 0.5) is 0 Å². The SMILES string of the molecule is COC(=O)/C(C(C)=O)=C(\C(C)=O)c1ccc(O)c(OCC(C)=O)c1C(C)=O. The fourth-order valence-corrected chi connectivity index (χ4v) is 2.47. The summed E-state index contributed by atoms with van der Waals surface area (Å²) in [4.78, 5) is 59.7. The number of ketones is 4. The van der Waals surface area contributed by atoms with Crippen LogP contribution in [0, 0.1) is 0 Å². The minimum Gasteiger partial charge on any atom is -0.504 e. The first-order chi connectivity index (χ1) is 12.5. The maximum absolute atomic E-state index is 12.3. The molecule has 27 heavy (non-hydrogen) atoms. The zero-order valence-corrected chi connectivity index (χ0v) is 15.7. The molecule has 8 nitrogen and oxygen atoms in total. The summed E-state index contributed by atoms with van der Waals surface area (Å²) >= 11 is 0. The summed E-state index contributed by atoms with van der Waals surface area (Å²) < 4.78 is 9.81. The Hall–Kier alpha value is -3.29. The molecular formula is C19H20O8. The molecule has 144 valence electrons. The zero-order chi connectivity index (χ0) is 20.9. The number of hydrogen-bond acceptors (Lipinski definition) is 8. The van der Waals surface area contributed by atoms with Crippen molar-refractivity contribution in [3.8, 4) is 11.5 Å². The van der Waals surface area contributed by atoms with E-state index in [1.165, 1.54) is 13.0 Å². The van der Waals surface area contributed by atoms with Crippen LogP contribution in [-0.4, -0.2) is 47.9 Å². The van der Waals surface area contributed by atoms with E-state index in [4.69, 9.17) is 4.74 Å². The summed E-state index contributed by atoms with van der Waals surface area (Å²) in [6, 6.07) is 2.35. The monoisotopic (exact) mass is 376 g/mol. The second-order valence-corrected chi connectivity index (χ2v) is 5.74. The highest BCUT2D eigenvalue weighted by molar-refractivity contribution is 6.35. The minimum absolute atomic E-state index is 0.0815. The second-order valence-electron chi connectivity index (χ2n) is 5.74. The standard InChI is InChI=1S/C19H20O8/c1-9(20)8-27-18-14(24)7-6-13(16(18)11(3)22)15(10(2)21)17(12(4)23)19(25)26-5/h6-7,24H,8H2,1-5H3/b17-15+. The van der Waals surface area contributed by atoms with Crippen molar-refractivity contribution < 1.29 is 38.6 Å². The van der Waals surface area contributed by atoms with Crippen molar-refractivity contribution in [3.63, 3.8) is 0 Å². The van der Waals surface area contributed by atoms with Gasteiger partial charge in [-0.2, -0.15) is 0 Å². The van der Waals surface area contributed by atoms with Crippen LogP contribution in [-0.2, 0) is 23.9 Å². The molecule has 0 saturated heterocycles. The fourth-order valence-electron chi connectivity index (χ4n) is 2.47. The molecule has 1 aromatic rings. The van der Waals surface area contributed by atoms with Gasteiger partial charge in [0.15, 0.2) is 34.6 Å². The van der Waals surface area contributed by atoms with Gasteiger partial charge in [0.2, 0.25) is 0 Å². The van der Waals surface area contributed by atoms with Crippen LogP contribution in [0.1, 0.15) is 43.6 Å². The van der Waals surface area contributed by atoms with Gasteiger partial charge < -0.3 is 14.6 Å². The maximum atomic E-state index is 12.3. The first kappa shape index (κ1) is 21.8. The van der Waals surface area contributed by atoms with Crippen LogP contribution in [0.3, 0.4) is 0 Å². The van der Waals surface area contributed by atoms with Crippen LogP contribution in [0.5, 0.6) is 11.5 Å². The van der Waals surface area contributed by atoms with Gasteiger partial charge in [-0.3, -0.25) is 19.2 Å². The second kappa shape index (κ2) is 8.88. The van der Waals surface area contributed by atoms with Crippen LogP contribution < -0.4 is 4.74 Å². The first-order valence-electron chi connectivity index (χ1n) is 7.86. The highest BCUT2D eigenvalue weighted by atomic mass is 16.5. The largest absolute Gasteiger partial charge is 0.504 e. The van der Waals surface area contributed by atoms with Crippen molar-refractivity contribution in [2.45, 2.75) is 27.7 Å². The number of phenolic OH excluding ortho intramolecular Hbond substituents is 1. The number of rotatable bonds is 8. The molecule has 1 rings (SSSR count). The molecule has 0 atom stereocenters. The average Bonchev–Trinajstić information content (AvgIpc) is 2.56. The van der Waals surface area contributed by atoms with E-state index in [1.54, 1.807) is 0 Å². The number of ether oxygens (including phenoxy) is 2. The van der Waals surface area contributed by atoms with Crippen molar-refractivity contribution in [2.24, 2.45) is 0 Å². The van der Waals surface area contributed by atoms with E-state index < -0.39 is 41.2 Å². The third-order valence-corrected chi connectivity index (χ3v) is 3.52. The normalized spacial score (nSPS) is 11.3. The van der Waals surface area contributed by atoms with Gasteiger partial charge in [0.1, 0.15) is 12.2 Å². The molecule has 0 spiro atoms. The van der Waals surface area contributed by atoms with E-state index in [1.807, 2.05) is 0 Å². The number of benzene rings is 1. The molecule has 1 N–H and O–H groups in total. The molecule has 0 bridgehead atoms. The molecular weight excluding hydrogens is 356 g/mol. The first-order valence-corrected chi connectivity index (χ1v) is 7.86. The number of carbonyl (C=O) groups excluding carboxylic acids is 5. The van der Waals surface area contributed by atoms with Gasteiger partial charge >= 0.3 is 5.97 Å². The van der Waals surface area contributed by atoms with E-state index >= 15 is 0 Å². The molecule has 0 amide bonds. The third-order valence-electron chi connectivity index (χ3n) is 3.52. The van der Waals surface area contributed by atoms with Crippen LogP contribution >= 0.6 is 0 Å². The average molecular weight is 376 g/mol. The molecule has 0 saturated carbocycles. The van der Waals surface area contributed by atoms with Crippen LogP contribution in [0.25, 0.3) is 5.57 Å². The highest BCUT2D eigenvalue weighted by Crippen LogP contribution is 2.37. The summed E-state index contributed by atoms with van der Waals surface area (Å²) in [7, 11) is 1.05. The van der Waals surface area contributed by atoms with Crippen molar-refractivity contribution in [1.82, 2.24) is 0 Å². The summed E-state index contributed by atoms with van der Waals surface area (Å²) in [5, 5.41) is 10.1. The number of Topliss-reactive ketones (excluding diaryl/α,β-unsaturated/α-hetero) is 4. The van der Waals surface area contributed by atoms with E-state index in [0.29, 0.717) is 0 Å². The van der Waals surface area contributed by atoms with Crippen molar-refractivity contribution in [3.05, 3.63) is 28.8 Å². The summed E-state index contributed by atoms with van der Waals surface area (Å²) in [5.74, 6) is -4.17. The zero-order valence-electron chi connectivity index (χ0n) is 15.7. The number of esters is 1. The van der Waals surface area contributed by atoms with E-state index in [-0.39, 0.29) is 28.2 Å². The molecule has 0 fully saturated rings. The Morgan fingerprint density at radius 2 is 1.56 bits per heavy atom. The van der Waals surface area contributed by atoms with Gasteiger partial charge in [0.25, 0.3) is 0 Å². The van der Waals surface area contributed by atoms with Crippen molar-refractivity contribution in [1.29, 1.82) is 0 Å². The lowest BCUT2D eigenvalue weighted by Crippen LogP contribution is -2.19. The van der Waals surface area contributed by atoms with E-state index in [9.17, 15) is 29.1 Å². The lowest BCUT2D eigenvalue weighted by Gasteiger charge is -2.17. The predicted octanol–water partition coefficient (Wildman–Crippen LogP) is 1.67. The van der Waals surface area contributed by atoms with Gasteiger partial charge in [-0.15, -0.1) is 0 Å². The topological polar surface area (TPSA) is 124 Å². The highest BCUT2D eigenvalue weighted by Gasteiger charge is 2.29. The third kappa shape index (κ3) is 4.87. The Bertz CT molecular complexity index is 861. The predicted molar refractivity (Wildman–Crippen MR) is 94.6 cm³/mol. The molecule has 1 aromatic carbocycles. The Labute approximate surface area is 155 Å². The number of hydrogen-bond donors (Lipinski definition) is 1. The summed E-state index contributed by atoms with van der Waals surface area (Å²) in [6.07, 6.45) is 0. The maximum Gasteiger partial charge on any atom is 0.342 e. The summed E-state index contributed by atoms with van der Waals surface area (Å²) in [5.41, 5.74) is -1.19. The molecule has 8 heteroatoms. The molecule has 0 aromatic heterocycles. The number of methoxy groups -OCH3 is 1. The number of carbonyl (C=O) groups is 5. The van der Waals surface area contributed by atoms with Crippen LogP contribution in [0.2, 0.25) is 0 Å². The van der Waals surface area contributed by atoms with Crippen molar-refractivity contribution >= 4 is 34.7 Å². The van der Waals surface area contributed by atoms with Gasteiger partial charge in [0.05, 0.1) is 12.7 Å². The fraction of sp³-hybridized carbons (Fsp3) is 0.316. The number of allylic oxidation sites excluding steroid dienone is 1. The lowest BCUT2D eigenvalue weighted by molar-refractivity contribution is -0.137. The Morgan fingerprint density at radius 1 is 0.963 bits per heavy atom. The molecule has 0 aliphatic carbocycles. The summed E-state index contributed by atoms with van der Waals surface area (Å²) in [6.45, 7) is 4.18. The Kier molecular flexibility index (Phi) is 7.16. The van der Waals surface area contributed by atoms with Crippen LogP contribution in [0.15, 0.2) is 17.7 Å². The quantitative estimate of drug-likeness (QED) is 0.239. The van der Waals surface area contributed by atoms with E-state index in [2.05, 4.69) is 4.74 Å². The smallest absolute Gasteiger partial charge is 0.342 e. The lowest BCUT2D eigenvalue weighted by atomic mass is 9.89. The van der Waals surface area contributed by atoms with E-state index in [0.717, 1.165) is 33.9 Å². The van der Waals surface area contributed by atoms with Crippen molar-refractivity contribution in [2.75, 3.05) is 13.7 Å². The molecule has 0 heterocycles. The minimum atomic E-state index is -1.04. The van der Waals surface area contributed by atoms with Gasteiger partial charge in [-0.05, 0) is 39.8 Å². The molecule has 0 radical (unpaired) electrons. The van der Waals surface area contributed by atoms with Gasteiger partial charge in [-0.25, -0.2) is 4.79 Å².